The van der Waals surface area contributed by atoms with Crippen molar-refractivity contribution in [1.29, 1.82) is 0 Å². The minimum atomic E-state index is -0.845. The number of aromatic nitrogens is 3. The van der Waals surface area contributed by atoms with E-state index in [9.17, 15) is 4.79 Å². The van der Waals surface area contributed by atoms with Crippen molar-refractivity contribution in [2.75, 3.05) is 0 Å². The van der Waals surface area contributed by atoms with Gasteiger partial charge in [-0.05, 0) is 0 Å². The third-order valence-electron chi connectivity index (χ3n) is 1.20. The molecular weight excluding hydrogens is 212 g/mol. The molecule has 1 rings (SSSR count). The zero-order valence-corrected chi connectivity index (χ0v) is 12.4. The number of aryl methyl sites for hydroxylation is 1. The van der Waals surface area contributed by atoms with Gasteiger partial charge in [0, 0.05) is 65.5 Å². The van der Waals surface area contributed by atoms with Crippen LogP contribution in [-0.2, 0) is 11.2 Å². The molecule has 0 atom stereocenters. The van der Waals surface area contributed by atoms with Gasteiger partial charge in [0.2, 0.25) is 0 Å². The molecule has 8 heteroatoms. The molecule has 0 aliphatic heterocycles. The third-order valence-corrected chi connectivity index (χ3v) is 1.54. The number of carboxylic acids is 1. The van der Waals surface area contributed by atoms with Crippen LogP contribution in [0.15, 0.2) is 0 Å². The van der Waals surface area contributed by atoms with Gasteiger partial charge in [0.15, 0.2) is 0 Å². The SMILES string of the molecule is O=C(O)CCc1n[nH][nH]c1=S.[Na].[Na]. The summed E-state index contributed by atoms with van der Waals surface area (Å²) in [4.78, 5) is 10.1. The van der Waals surface area contributed by atoms with E-state index in [-0.39, 0.29) is 65.5 Å². The monoisotopic (exact) mass is 219 g/mol. The summed E-state index contributed by atoms with van der Waals surface area (Å²) in [6, 6.07) is 0. The van der Waals surface area contributed by atoms with Crippen molar-refractivity contribution >= 4 is 77.3 Å². The minimum absolute atomic E-state index is 0. The van der Waals surface area contributed by atoms with Gasteiger partial charge in [-0.15, -0.1) is 0 Å². The summed E-state index contributed by atoms with van der Waals surface area (Å²) in [5, 5.41) is 17.1. The predicted molar refractivity (Wildman–Crippen MR) is 51.2 cm³/mol. The Kier molecular flexibility index (Phi) is 10.2. The van der Waals surface area contributed by atoms with Crippen LogP contribution in [0.3, 0.4) is 0 Å². The molecule has 0 saturated heterocycles. The fraction of sp³-hybridized carbons (Fsp3) is 0.400. The van der Waals surface area contributed by atoms with Gasteiger partial charge in [-0.1, -0.05) is 12.2 Å². The molecule has 1 aromatic heterocycles. The summed E-state index contributed by atoms with van der Waals surface area (Å²) < 4.78 is 0.478. The van der Waals surface area contributed by atoms with E-state index in [0.717, 1.165) is 0 Å². The van der Waals surface area contributed by atoms with Gasteiger partial charge in [-0.2, -0.15) is 5.10 Å². The first-order chi connectivity index (χ1) is 5.20. The van der Waals surface area contributed by atoms with Crippen LogP contribution in [-0.4, -0.2) is 85.6 Å². The van der Waals surface area contributed by atoms with Crippen molar-refractivity contribution in [2.45, 2.75) is 12.8 Å². The molecule has 0 unspecified atom stereocenters. The Bertz CT molecular complexity index is 311. The first kappa shape index (κ1) is 16.3. The Labute approximate surface area is 124 Å². The molecule has 0 spiro atoms. The van der Waals surface area contributed by atoms with Gasteiger partial charge in [0.05, 0.1) is 12.1 Å². The zero-order valence-electron chi connectivity index (χ0n) is 7.63. The average Bonchev–Trinajstić information content (AvgIpc) is 2.31. The normalized spacial score (nSPS) is 8.31. The first-order valence-corrected chi connectivity index (χ1v) is 3.44. The number of aliphatic carboxylic acids is 1. The number of hydrogen-bond donors (Lipinski definition) is 3. The smallest absolute Gasteiger partial charge is 0.303 e. The summed E-state index contributed by atoms with van der Waals surface area (Å²) in [6.45, 7) is 0. The number of rotatable bonds is 3. The largest absolute Gasteiger partial charge is 0.481 e. The molecule has 1 heterocycles. The van der Waals surface area contributed by atoms with E-state index in [1.165, 1.54) is 0 Å². The molecule has 0 amide bonds. The Hall–Kier alpha value is 0.830. The maximum atomic E-state index is 10.1. The van der Waals surface area contributed by atoms with Crippen molar-refractivity contribution < 1.29 is 9.90 Å². The summed E-state index contributed by atoms with van der Waals surface area (Å²) in [7, 11) is 0. The fourth-order valence-corrected chi connectivity index (χ4v) is 0.857. The van der Waals surface area contributed by atoms with E-state index >= 15 is 0 Å². The molecule has 0 bridgehead atoms. The number of aromatic amines is 2. The van der Waals surface area contributed by atoms with E-state index in [1.807, 2.05) is 0 Å². The number of nitrogens with zero attached hydrogens (tertiary/aromatic N) is 1. The first-order valence-electron chi connectivity index (χ1n) is 3.04. The van der Waals surface area contributed by atoms with Gasteiger partial charge >= 0.3 is 5.97 Å². The van der Waals surface area contributed by atoms with Crippen LogP contribution in [0, 0.1) is 4.64 Å². The predicted octanol–water partition coefficient (Wildman–Crippen LogP) is -0.277. The van der Waals surface area contributed by atoms with Crippen LogP contribution in [0.5, 0.6) is 0 Å². The third kappa shape index (κ3) is 6.01. The van der Waals surface area contributed by atoms with Gasteiger partial charge in [-0.25, -0.2) is 5.21 Å². The Morgan fingerprint density at radius 3 is 2.54 bits per heavy atom. The van der Waals surface area contributed by atoms with Gasteiger partial charge in [0.25, 0.3) is 0 Å². The average molecular weight is 219 g/mol. The van der Waals surface area contributed by atoms with Crippen molar-refractivity contribution in [2.24, 2.45) is 0 Å². The molecule has 5 nitrogen and oxygen atoms in total. The van der Waals surface area contributed by atoms with E-state index in [1.54, 1.807) is 0 Å². The second-order valence-electron chi connectivity index (χ2n) is 2.02. The van der Waals surface area contributed by atoms with E-state index in [4.69, 9.17) is 17.3 Å². The molecule has 1 aromatic rings. The van der Waals surface area contributed by atoms with Crippen LogP contribution in [0.2, 0.25) is 0 Å². The number of H-pyrrole nitrogens is 2. The van der Waals surface area contributed by atoms with Gasteiger partial charge in [-0.3, -0.25) is 9.89 Å². The molecule has 0 aromatic carbocycles. The van der Waals surface area contributed by atoms with Gasteiger partial charge < -0.3 is 5.11 Å². The van der Waals surface area contributed by atoms with E-state index < -0.39 is 5.97 Å². The van der Waals surface area contributed by atoms with Crippen LogP contribution in [0.25, 0.3) is 0 Å². The molecule has 2 radical (unpaired) electrons. The second-order valence-corrected chi connectivity index (χ2v) is 2.43. The van der Waals surface area contributed by atoms with E-state index in [2.05, 4.69) is 15.4 Å². The Morgan fingerprint density at radius 2 is 2.15 bits per heavy atom. The van der Waals surface area contributed by atoms with Crippen LogP contribution >= 0.6 is 12.2 Å². The van der Waals surface area contributed by atoms with Crippen molar-refractivity contribution in [3.63, 3.8) is 0 Å². The molecule has 0 aliphatic rings. The standard InChI is InChI=1S/C5H7N3O2S.2Na/c9-4(10)2-1-3-5(11)7-8-6-3;;/h1-2H2,(H,9,10)(H2,6,7,8,11);;. The zero-order chi connectivity index (χ0) is 8.27. The summed E-state index contributed by atoms with van der Waals surface area (Å²) >= 11 is 4.80. The summed E-state index contributed by atoms with van der Waals surface area (Å²) in [6.07, 6.45) is 0.427. The number of hydrogen-bond acceptors (Lipinski definition) is 3. The Morgan fingerprint density at radius 1 is 1.54 bits per heavy atom. The van der Waals surface area contributed by atoms with Crippen molar-refractivity contribution in [3.05, 3.63) is 10.3 Å². The van der Waals surface area contributed by atoms with Crippen LogP contribution in [0.1, 0.15) is 12.1 Å². The summed E-state index contributed by atoms with van der Waals surface area (Å²) in [5.41, 5.74) is 0.599. The summed E-state index contributed by atoms with van der Waals surface area (Å²) in [5.74, 6) is -0.845. The van der Waals surface area contributed by atoms with Crippen molar-refractivity contribution in [1.82, 2.24) is 15.4 Å². The molecule has 0 fully saturated rings. The van der Waals surface area contributed by atoms with Crippen LogP contribution in [0.4, 0.5) is 0 Å². The Balaban J connectivity index is 0. The van der Waals surface area contributed by atoms with E-state index in [0.29, 0.717) is 16.8 Å². The molecule has 13 heavy (non-hydrogen) atoms. The molecule has 62 valence electrons. The molecule has 0 saturated carbocycles. The number of carbonyl (C=O) groups is 1. The topological polar surface area (TPSA) is 81.8 Å². The molecular formula is C5H7N3Na2O2S. The quantitative estimate of drug-likeness (QED) is 0.482. The minimum Gasteiger partial charge on any atom is -0.481 e. The number of carboxylic acid groups (broad SMARTS) is 1. The van der Waals surface area contributed by atoms with Crippen molar-refractivity contribution in [3.8, 4) is 0 Å². The number of nitrogens with one attached hydrogen (secondary N) is 2. The fourth-order valence-electron chi connectivity index (χ4n) is 0.664. The maximum Gasteiger partial charge on any atom is 0.303 e. The maximum absolute atomic E-state index is 10.1. The second kappa shape index (κ2) is 8.16. The molecule has 0 aliphatic carbocycles. The van der Waals surface area contributed by atoms with Gasteiger partial charge in [0.1, 0.15) is 4.64 Å². The molecule has 3 N–H and O–H groups in total. The van der Waals surface area contributed by atoms with Crippen LogP contribution < -0.4 is 0 Å².